The van der Waals surface area contributed by atoms with E-state index in [1.807, 2.05) is 25.7 Å². The molecule has 2 saturated heterocycles. The summed E-state index contributed by atoms with van der Waals surface area (Å²) >= 11 is 0. The minimum Gasteiger partial charge on any atom is -0.444 e. The third-order valence-corrected chi connectivity index (χ3v) is 4.57. The van der Waals surface area contributed by atoms with Crippen molar-refractivity contribution in [3.05, 3.63) is 0 Å². The number of hydrogen-bond donors (Lipinski definition) is 1. The Morgan fingerprint density at radius 2 is 2.14 bits per heavy atom. The standard InChI is InChI=1S/C17H32N2O3/c1-13(18-10-17(5)11-21-12-17)14-7-6-8-19(9-14)15(20)22-16(2,3)4/h13-14,18H,6-12H2,1-5H3. The van der Waals surface area contributed by atoms with E-state index < -0.39 is 5.60 Å². The second-order valence-corrected chi connectivity index (χ2v) is 8.30. The van der Waals surface area contributed by atoms with Crippen LogP contribution in [0.4, 0.5) is 4.79 Å². The lowest BCUT2D eigenvalue weighted by Crippen LogP contribution is -2.52. The van der Waals surface area contributed by atoms with Crippen LogP contribution in [0.5, 0.6) is 0 Å². The smallest absolute Gasteiger partial charge is 0.410 e. The summed E-state index contributed by atoms with van der Waals surface area (Å²) in [6.45, 7) is 14.5. The van der Waals surface area contributed by atoms with E-state index in [0.717, 1.165) is 39.3 Å². The van der Waals surface area contributed by atoms with Gasteiger partial charge < -0.3 is 19.7 Å². The molecule has 2 rings (SSSR count). The lowest BCUT2D eigenvalue weighted by atomic mass is 9.86. The summed E-state index contributed by atoms with van der Waals surface area (Å²) in [5, 5.41) is 3.64. The molecule has 1 amide bonds. The predicted octanol–water partition coefficient (Wildman–Crippen LogP) is 2.65. The summed E-state index contributed by atoms with van der Waals surface area (Å²) in [4.78, 5) is 14.1. The molecule has 1 N–H and O–H groups in total. The number of hydrogen-bond acceptors (Lipinski definition) is 4. The Balaban J connectivity index is 1.80. The number of piperidine rings is 1. The summed E-state index contributed by atoms with van der Waals surface area (Å²) in [6, 6.07) is 0.405. The van der Waals surface area contributed by atoms with Gasteiger partial charge in [-0.05, 0) is 46.5 Å². The maximum Gasteiger partial charge on any atom is 0.410 e. The van der Waals surface area contributed by atoms with E-state index in [1.165, 1.54) is 6.42 Å². The fourth-order valence-electron chi connectivity index (χ4n) is 3.04. The van der Waals surface area contributed by atoms with Crippen LogP contribution in [0.3, 0.4) is 0 Å². The number of nitrogens with zero attached hydrogens (tertiary/aromatic N) is 1. The van der Waals surface area contributed by atoms with Gasteiger partial charge in [-0.3, -0.25) is 0 Å². The molecule has 2 heterocycles. The van der Waals surface area contributed by atoms with Crippen molar-refractivity contribution in [1.29, 1.82) is 0 Å². The number of ether oxygens (including phenoxy) is 2. The van der Waals surface area contributed by atoms with Gasteiger partial charge in [-0.15, -0.1) is 0 Å². The Labute approximate surface area is 134 Å². The third-order valence-electron chi connectivity index (χ3n) is 4.57. The average Bonchev–Trinajstić information content (AvgIpc) is 2.41. The fourth-order valence-corrected chi connectivity index (χ4v) is 3.04. The maximum atomic E-state index is 12.2. The zero-order chi connectivity index (χ0) is 16.4. The van der Waals surface area contributed by atoms with Crippen LogP contribution in [0, 0.1) is 11.3 Å². The molecule has 0 aromatic heterocycles. The summed E-state index contributed by atoms with van der Waals surface area (Å²) < 4.78 is 10.8. The summed E-state index contributed by atoms with van der Waals surface area (Å²) in [6.07, 6.45) is 2.04. The first kappa shape index (κ1) is 17.5. The van der Waals surface area contributed by atoms with Gasteiger partial charge in [-0.25, -0.2) is 4.79 Å². The molecule has 2 fully saturated rings. The van der Waals surface area contributed by atoms with E-state index in [1.54, 1.807) is 0 Å². The molecule has 2 aliphatic heterocycles. The van der Waals surface area contributed by atoms with Gasteiger partial charge in [0.05, 0.1) is 13.2 Å². The van der Waals surface area contributed by atoms with Gasteiger partial charge in [0.2, 0.25) is 0 Å². The zero-order valence-corrected chi connectivity index (χ0v) is 14.8. The van der Waals surface area contributed by atoms with E-state index in [-0.39, 0.29) is 11.5 Å². The van der Waals surface area contributed by atoms with Crippen LogP contribution in [0.2, 0.25) is 0 Å². The van der Waals surface area contributed by atoms with Gasteiger partial charge in [0.25, 0.3) is 0 Å². The minimum absolute atomic E-state index is 0.177. The molecule has 0 saturated carbocycles. The van der Waals surface area contributed by atoms with Crippen LogP contribution in [0.1, 0.15) is 47.5 Å². The highest BCUT2D eigenvalue weighted by Gasteiger charge is 2.35. The molecular weight excluding hydrogens is 280 g/mol. The van der Waals surface area contributed by atoms with Crippen molar-refractivity contribution in [2.75, 3.05) is 32.8 Å². The second-order valence-electron chi connectivity index (χ2n) is 8.30. The van der Waals surface area contributed by atoms with Crippen molar-refractivity contribution in [2.45, 2.75) is 59.1 Å². The van der Waals surface area contributed by atoms with Crippen LogP contribution < -0.4 is 5.32 Å². The normalized spacial score (nSPS) is 26.2. The largest absolute Gasteiger partial charge is 0.444 e. The highest BCUT2D eigenvalue weighted by Crippen LogP contribution is 2.27. The summed E-state index contributed by atoms with van der Waals surface area (Å²) in [7, 11) is 0. The number of carbonyl (C=O) groups excluding carboxylic acids is 1. The molecule has 2 aliphatic rings. The molecule has 2 atom stereocenters. The van der Waals surface area contributed by atoms with Crippen LogP contribution in [0.15, 0.2) is 0 Å². The molecule has 5 heteroatoms. The molecule has 0 aliphatic carbocycles. The summed E-state index contributed by atoms with van der Waals surface area (Å²) in [5.74, 6) is 0.492. The SMILES string of the molecule is CC(NCC1(C)COC1)C1CCCN(C(=O)OC(C)(C)C)C1. The third kappa shape index (κ3) is 4.85. The molecule has 0 radical (unpaired) electrons. The highest BCUT2D eigenvalue weighted by atomic mass is 16.6. The Morgan fingerprint density at radius 3 is 2.68 bits per heavy atom. The van der Waals surface area contributed by atoms with Gasteiger partial charge in [0.15, 0.2) is 0 Å². The number of amides is 1. The Hall–Kier alpha value is -0.810. The van der Waals surface area contributed by atoms with Crippen LogP contribution >= 0.6 is 0 Å². The van der Waals surface area contributed by atoms with Crippen molar-refractivity contribution in [1.82, 2.24) is 10.2 Å². The summed E-state index contributed by atoms with van der Waals surface area (Å²) in [5.41, 5.74) is -0.138. The highest BCUT2D eigenvalue weighted by molar-refractivity contribution is 5.68. The first-order valence-electron chi connectivity index (χ1n) is 8.48. The van der Waals surface area contributed by atoms with E-state index in [2.05, 4.69) is 19.2 Å². The van der Waals surface area contributed by atoms with Crippen molar-refractivity contribution < 1.29 is 14.3 Å². The van der Waals surface area contributed by atoms with E-state index >= 15 is 0 Å². The number of carbonyl (C=O) groups is 1. The monoisotopic (exact) mass is 312 g/mol. The quantitative estimate of drug-likeness (QED) is 0.867. The molecule has 22 heavy (non-hydrogen) atoms. The van der Waals surface area contributed by atoms with Crippen molar-refractivity contribution in [3.8, 4) is 0 Å². The number of likely N-dealkylation sites (tertiary alicyclic amines) is 1. The molecular formula is C17H32N2O3. The van der Waals surface area contributed by atoms with Crippen molar-refractivity contribution in [2.24, 2.45) is 11.3 Å². The van der Waals surface area contributed by atoms with Crippen LogP contribution in [0.25, 0.3) is 0 Å². The van der Waals surface area contributed by atoms with Gasteiger partial charge in [-0.2, -0.15) is 0 Å². The maximum absolute atomic E-state index is 12.2. The van der Waals surface area contributed by atoms with Gasteiger partial charge in [0, 0.05) is 31.1 Å². The average molecular weight is 312 g/mol. The van der Waals surface area contributed by atoms with Gasteiger partial charge in [-0.1, -0.05) is 6.92 Å². The van der Waals surface area contributed by atoms with Crippen LogP contribution in [-0.2, 0) is 9.47 Å². The molecule has 2 unspecified atom stereocenters. The molecule has 0 aromatic carbocycles. The molecule has 5 nitrogen and oxygen atoms in total. The number of rotatable bonds is 4. The van der Waals surface area contributed by atoms with E-state index in [0.29, 0.717) is 12.0 Å². The second kappa shape index (κ2) is 6.75. The first-order valence-corrected chi connectivity index (χ1v) is 8.48. The molecule has 0 aromatic rings. The lowest BCUT2D eigenvalue weighted by molar-refractivity contribution is -0.101. The lowest BCUT2D eigenvalue weighted by Gasteiger charge is -2.41. The fraction of sp³-hybridized carbons (Fsp3) is 0.941. The first-order chi connectivity index (χ1) is 10.2. The van der Waals surface area contributed by atoms with Crippen molar-refractivity contribution >= 4 is 6.09 Å². The topological polar surface area (TPSA) is 50.8 Å². The Morgan fingerprint density at radius 1 is 1.45 bits per heavy atom. The van der Waals surface area contributed by atoms with Crippen LogP contribution in [-0.4, -0.2) is 55.5 Å². The molecule has 0 spiro atoms. The van der Waals surface area contributed by atoms with E-state index in [4.69, 9.17) is 9.47 Å². The zero-order valence-electron chi connectivity index (χ0n) is 14.8. The Bertz CT molecular complexity index is 388. The van der Waals surface area contributed by atoms with Gasteiger partial charge >= 0.3 is 6.09 Å². The Kier molecular flexibility index (Phi) is 5.38. The predicted molar refractivity (Wildman–Crippen MR) is 86.9 cm³/mol. The van der Waals surface area contributed by atoms with E-state index in [9.17, 15) is 4.79 Å². The van der Waals surface area contributed by atoms with Crippen molar-refractivity contribution in [3.63, 3.8) is 0 Å². The van der Waals surface area contributed by atoms with Gasteiger partial charge in [0.1, 0.15) is 5.60 Å². The minimum atomic E-state index is -0.424. The molecule has 128 valence electrons. The molecule has 0 bridgehead atoms. The number of nitrogens with one attached hydrogen (secondary N) is 1.